The van der Waals surface area contributed by atoms with Crippen molar-refractivity contribution >= 4 is 16.1 Å². The summed E-state index contributed by atoms with van der Waals surface area (Å²) >= 11 is 0. The van der Waals surface area contributed by atoms with E-state index in [1.807, 2.05) is 35.1 Å². The lowest BCUT2D eigenvalue weighted by Crippen LogP contribution is -2.33. The molecule has 8 heteroatoms. The van der Waals surface area contributed by atoms with E-state index < -0.39 is 16.1 Å². The van der Waals surface area contributed by atoms with Crippen LogP contribution in [0.2, 0.25) is 0 Å². The summed E-state index contributed by atoms with van der Waals surface area (Å²) in [4.78, 5) is 12.0. The average molecular weight is 425 g/mol. The number of carbonyl (C=O) groups is 1. The van der Waals surface area contributed by atoms with Gasteiger partial charge in [-0.15, -0.1) is 0 Å². The van der Waals surface area contributed by atoms with Gasteiger partial charge in [0.05, 0.1) is 11.5 Å². The Balaban J connectivity index is 1.34. The fourth-order valence-corrected chi connectivity index (χ4v) is 3.89. The lowest BCUT2D eigenvalue weighted by Gasteiger charge is -2.10. The first kappa shape index (κ1) is 19.8. The van der Waals surface area contributed by atoms with Crippen LogP contribution in [-0.4, -0.2) is 21.1 Å². The zero-order valence-corrected chi connectivity index (χ0v) is 16.7. The summed E-state index contributed by atoms with van der Waals surface area (Å²) in [6.45, 7) is 0.922. The minimum absolute atomic E-state index is 0.0200. The van der Waals surface area contributed by atoms with Gasteiger partial charge in [0.15, 0.2) is 0 Å². The largest absolute Gasteiger partial charge is 0.493 e. The normalized spacial score (nSPS) is 12.5. The third-order valence-corrected chi connectivity index (χ3v) is 5.78. The fraction of sp³-hybridized carbons (Fsp3) is 0.136. The maximum atomic E-state index is 12.4. The lowest BCUT2D eigenvalue weighted by atomic mass is 10.2. The number of fused-ring (bicyclic) bond motifs is 1. The molecule has 3 aromatic carbocycles. The molecule has 1 aliphatic heterocycles. The molecule has 0 radical (unpaired) electrons. The summed E-state index contributed by atoms with van der Waals surface area (Å²) in [6.07, 6.45) is -0.466. The highest BCUT2D eigenvalue weighted by Crippen LogP contribution is 2.27. The Labute approximate surface area is 174 Å². The van der Waals surface area contributed by atoms with E-state index in [0.717, 1.165) is 11.1 Å². The van der Waals surface area contributed by atoms with Crippen molar-refractivity contribution in [2.75, 3.05) is 6.61 Å². The number of ether oxygens (including phenoxy) is 3. The quantitative estimate of drug-likeness (QED) is 0.648. The van der Waals surface area contributed by atoms with Gasteiger partial charge in [-0.25, -0.2) is 17.9 Å². The first-order valence-electron chi connectivity index (χ1n) is 9.27. The summed E-state index contributed by atoms with van der Waals surface area (Å²) in [6, 6.07) is 20.5. The van der Waals surface area contributed by atoms with E-state index in [2.05, 4.69) is 0 Å². The van der Waals surface area contributed by atoms with Crippen LogP contribution in [0.1, 0.15) is 11.1 Å². The van der Waals surface area contributed by atoms with Gasteiger partial charge < -0.3 is 14.2 Å². The van der Waals surface area contributed by atoms with Gasteiger partial charge in [-0.1, -0.05) is 30.3 Å². The molecule has 154 valence electrons. The van der Waals surface area contributed by atoms with Crippen LogP contribution in [0.4, 0.5) is 4.79 Å². The lowest BCUT2D eigenvalue weighted by molar-refractivity contribution is 0.206. The maximum absolute atomic E-state index is 12.4. The molecule has 0 spiro atoms. The van der Waals surface area contributed by atoms with Gasteiger partial charge >= 0.3 is 6.09 Å². The smallest absolute Gasteiger partial charge is 0.426 e. The van der Waals surface area contributed by atoms with Crippen LogP contribution in [0.25, 0.3) is 0 Å². The van der Waals surface area contributed by atoms with Crippen LogP contribution in [-0.2, 0) is 23.1 Å². The molecule has 1 heterocycles. The topological polar surface area (TPSA) is 90.9 Å². The standard InChI is InChI=1S/C22H19NO6S/c24-22(23-30(25,26)20-10-11-21-17(14-20)12-13-27-21)29-19-8-6-18(7-9-19)28-15-16-4-2-1-3-5-16/h1-11,14H,12-13,15H2,(H,23,24). The molecule has 0 atom stereocenters. The van der Waals surface area contributed by atoms with E-state index in [0.29, 0.717) is 31.1 Å². The van der Waals surface area contributed by atoms with Crippen molar-refractivity contribution in [3.8, 4) is 17.2 Å². The van der Waals surface area contributed by atoms with E-state index in [1.165, 1.54) is 24.3 Å². The molecule has 0 unspecified atom stereocenters. The van der Waals surface area contributed by atoms with E-state index >= 15 is 0 Å². The molecular formula is C22H19NO6S. The molecule has 1 N–H and O–H groups in total. The van der Waals surface area contributed by atoms with E-state index in [1.54, 1.807) is 18.2 Å². The van der Waals surface area contributed by atoms with Gasteiger partial charge in [-0.3, -0.25) is 0 Å². The minimum Gasteiger partial charge on any atom is -0.493 e. The highest BCUT2D eigenvalue weighted by atomic mass is 32.2. The number of hydrogen-bond acceptors (Lipinski definition) is 6. The zero-order chi connectivity index (χ0) is 21.0. The second kappa shape index (κ2) is 8.46. The summed E-state index contributed by atoms with van der Waals surface area (Å²) in [5, 5.41) is 0. The van der Waals surface area contributed by atoms with Crippen molar-refractivity contribution in [1.82, 2.24) is 4.72 Å². The van der Waals surface area contributed by atoms with Crippen molar-refractivity contribution in [2.45, 2.75) is 17.9 Å². The molecule has 0 aliphatic carbocycles. The molecule has 0 saturated carbocycles. The Kier molecular flexibility index (Phi) is 5.58. The Morgan fingerprint density at radius 2 is 1.70 bits per heavy atom. The van der Waals surface area contributed by atoms with Crippen molar-refractivity contribution in [3.05, 3.63) is 83.9 Å². The number of hydrogen-bond donors (Lipinski definition) is 1. The third kappa shape index (κ3) is 4.72. The summed E-state index contributed by atoms with van der Waals surface area (Å²) in [5.41, 5.74) is 1.82. The van der Waals surface area contributed by atoms with Crippen LogP contribution in [0, 0.1) is 0 Å². The van der Waals surface area contributed by atoms with Crippen LogP contribution in [0.5, 0.6) is 17.2 Å². The second-order valence-corrected chi connectivity index (χ2v) is 8.29. The fourth-order valence-electron chi connectivity index (χ4n) is 2.97. The molecular weight excluding hydrogens is 406 g/mol. The Morgan fingerprint density at radius 3 is 2.47 bits per heavy atom. The molecule has 4 rings (SSSR count). The molecule has 0 fully saturated rings. The maximum Gasteiger partial charge on any atom is 0.426 e. The molecule has 30 heavy (non-hydrogen) atoms. The molecule has 0 aromatic heterocycles. The molecule has 1 amide bonds. The Hall–Kier alpha value is -3.52. The number of benzene rings is 3. The number of carbonyl (C=O) groups excluding carboxylic acids is 1. The molecule has 7 nitrogen and oxygen atoms in total. The van der Waals surface area contributed by atoms with Crippen LogP contribution in [0.3, 0.4) is 0 Å². The van der Waals surface area contributed by atoms with Crippen molar-refractivity contribution in [2.24, 2.45) is 0 Å². The molecule has 0 bridgehead atoms. The number of rotatable bonds is 6. The Bertz CT molecular complexity index is 1140. The highest BCUT2D eigenvalue weighted by Gasteiger charge is 2.22. The number of amides is 1. The van der Waals surface area contributed by atoms with Crippen molar-refractivity contribution < 1.29 is 27.4 Å². The number of sulfonamides is 1. The van der Waals surface area contributed by atoms with Gasteiger partial charge in [0.1, 0.15) is 23.9 Å². The average Bonchev–Trinajstić information content (AvgIpc) is 3.21. The van der Waals surface area contributed by atoms with E-state index in [4.69, 9.17) is 14.2 Å². The van der Waals surface area contributed by atoms with E-state index in [9.17, 15) is 13.2 Å². The van der Waals surface area contributed by atoms with Crippen molar-refractivity contribution in [3.63, 3.8) is 0 Å². The SMILES string of the molecule is O=C(NS(=O)(=O)c1ccc2c(c1)CCO2)Oc1ccc(OCc2ccccc2)cc1. The summed E-state index contributed by atoms with van der Waals surface area (Å²) in [5.74, 6) is 1.45. The summed E-state index contributed by atoms with van der Waals surface area (Å²) in [7, 11) is -4.05. The van der Waals surface area contributed by atoms with Gasteiger partial charge in [0.25, 0.3) is 10.0 Å². The predicted molar refractivity (Wildman–Crippen MR) is 109 cm³/mol. The first-order valence-corrected chi connectivity index (χ1v) is 10.7. The minimum atomic E-state index is -4.05. The van der Waals surface area contributed by atoms with E-state index in [-0.39, 0.29) is 10.6 Å². The first-order chi connectivity index (χ1) is 14.5. The van der Waals surface area contributed by atoms with Gasteiger partial charge in [-0.05, 0) is 53.6 Å². The monoisotopic (exact) mass is 425 g/mol. The third-order valence-electron chi connectivity index (χ3n) is 4.47. The second-order valence-electron chi connectivity index (χ2n) is 6.61. The predicted octanol–water partition coefficient (Wildman–Crippen LogP) is 3.68. The van der Waals surface area contributed by atoms with Gasteiger partial charge in [0.2, 0.25) is 0 Å². The van der Waals surface area contributed by atoms with Crippen LogP contribution >= 0.6 is 0 Å². The molecule has 3 aromatic rings. The molecule has 1 aliphatic rings. The van der Waals surface area contributed by atoms with Crippen molar-refractivity contribution in [1.29, 1.82) is 0 Å². The zero-order valence-electron chi connectivity index (χ0n) is 15.9. The van der Waals surface area contributed by atoms with Crippen LogP contribution < -0.4 is 18.9 Å². The summed E-state index contributed by atoms with van der Waals surface area (Å²) < 4.78 is 42.9. The number of nitrogens with one attached hydrogen (secondary N) is 1. The highest BCUT2D eigenvalue weighted by molar-refractivity contribution is 7.90. The van der Waals surface area contributed by atoms with Gasteiger partial charge in [-0.2, -0.15) is 0 Å². The Morgan fingerprint density at radius 1 is 0.967 bits per heavy atom. The molecule has 0 saturated heterocycles. The van der Waals surface area contributed by atoms with Gasteiger partial charge in [0, 0.05) is 6.42 Å². The van der Waals surface area contributed by atoms with Crippen LogP contribution in [0.15, 0.2) is 77.7 Å².